The molecule has 1 fully saturated rings. The van der Waals surface area contributed by atoms with Gasteiger partial charge in [-0.1, -0.05) is 31.0 Å². The third-order valence-corrected chi connectivity index (χ3v) is 5.22. The number of hydrogen-bond donors (Lipinski definition) is 2. The summed E-state index contributed by atoms with van der Waals surface area (Å²) in [7, 11) is 0. The lowest BCUT2D eigenvalue weighted by Crippen LogP contribution is -2.40. The Morgan fingerprint density at radius 3 is 2.29 bits per heavy atom. The zero-order chi connectivity index (χ0) is 22.4. The molecule has 6 nitrogen and oxygen atoms in total. The van der Waals surface area contributed by atoms with Gasteiger partial charge in [0.1, 0.15) is 5.82 Å². The first-order valence-electron chi connectivity index (χ1n) is 9.76. The van der Waals surface area contributed by atoms with E-state index in [0.717, 1.165) is 25.0 Å². The summed E-state index contributed by atoms with van der Waals surface area (Å²) in [6, 6.07) is 8.84. The van der Waals surface area contributed by atoms with Gasteiger partial charge in [0.15, 0.2) is 18.2 Å². The van der Waals surface area contributed by atoms with E-state index >= 15 is 0 Å². The second kappa shape index (κ2) is 9.63. The van der Waals surface area contributed by atoms with Crippen LogP contribution in [0.5, 0.6) is 0 Å². The number of carbonyl (C=O) groups is 3. The second-order valence-corrected chi connectivity index (χ2v) is 7.30. The van der Waals surface area contributed by atoms with E-state index in [1.807, 2.05) is 0 Å². The van der Waals surface area contributed by atoms with Crippen molar-refractivity contribution in [2.45, 2.75) is 31.1 Å². The molecule has 0 radical (unpaired) electrons. The lowest BCUT2D eigenvalue weighted by Gasteiger charge is -2.27. The molecule has 0 aromatic heterocycles. The van der Waals surface area contributed by atoms with Crippen LogP contribution in [0.3, 0.4) is 0 Å². The Hall–Kier alpha value is -3.36. The van der Waals surface area contributed by atoms with Crippen LogP contribution in [0.2, 0.25) is 0 Å². The van der Waals surface area contributed by atoms with E-state index in [1.165, 1.54) is 18.2 Å². The van der Waals surface area contributed by atoms with E-state index in [4.69, 9.17) is 4.74 Å². The van der Waals surface area contributed by atoms with Gasteiger partial charge in [-0.25, -0.2) is 13.2 Å². The number of amides is 2. The van der Waals surface area contributed by atoms with E-state index in [9.17, 15) is 27.6 Å². The van der Waals surface area contributed by atoms with Gasteiger partial charge in [0.2, 0.25) is 5.91 Å². The van der Waals surface area contributed by atoms with E-state index in [0.29, 0.717) is 12.8 Å². The summed E-state index contributed by atoms with van der Waals surface area (Å²) in [4.78, 5) is 36.6. The minimum atomic E-state index is -1.13. The van der Waals surface area contributed by atoms with Gasteiger partial charge in [-0.05, 0) is 31.0 Å². The summed E-state index contributed by atoms with van der Waals surface area (Å²) in [6.45, 7) is -1.10. The summed E-state index contributed by atoms with van der Waals surface area (Å²) < 4.78 is 45.5. The fraction of sp³-hybridized carbons (Fsp3) is 0.318. The minimum Gasteiger partial charge on any atom is -0.455 e. The predicted octanol–water partition coefficient (Wildman–Crippen LogP) is 3.21. The van der Waals surface area contributed by atoms with Crippen LogP contribution in [0.1, 0.15) is 31.2 Å². The van der Waals surface area contributed by atoms with Crippen molar-refractivity contribution in [3.63, 3.8) is 0 Å². The molecule has 31 heavy (non-hydrogen) atoms. The number of anilines is 1. The molecule has 0 atom stereocenters. The van der Waals surface area contributed by atoms with Crippen LogP contribution in [-0.2, 0) is 24.5 Å². The molecule has 2 aromatic carbocycles. The third kappa shape index (κ3) is 5.22. The highest BCUT2D eigenvalue weighted by atomic mass is 19.2. The molecular weight excluding hydrogens is 413 g/mol. The number of nitrogens with one attached hydrogen (secondary N) is 2. The highest BCUT2D eigenvalue weighted by Crippen LogP contribution is 2.43. The number of halogens is 3. The van der Waals surface area contributed by atoms with Gasteiger partial charge in [-0.2, -0.15) is 0 Å². The lowest BCUT2D eigenvalue weighted by molar-refractivity contribution is -0.154. The van der Waals surface area contributed by atoms with Crippen molar-refractivity contribution in [1.82, 2.24) is 5.32 Å². The molecule has 1 aliphatic carbocycles. The average Bonchev–Trinajstić information content (AvgIpc) is 3.24. The summed E-state index contributed by atoms with van der Waals surface area (Å²) in [5.74, 6) is -4.76. The van der Waals surface area contributed by atoms with Crippen molar-refractivity contribution in [3.8, 4) is 0 Å². The second-order valence-electron chi connectivity index (χ2n) is 7.30. The van der Waals surface area contributed by atoms with Crippen LogP contribution in [0.25, 0.3) is 0 Å². The highest BCUT2D eigenvalue weighted by Gasteiger charge is 2.45. The SMILES string of the molecule is O=C(COC(=O)C1(c2ccccc2F)CCCC1)NCC(=O)Nc1ccc(F)c(F)c1. The number of carbonyl (C=O) groups excluding carboxylic acids is 3. The molecule has 0 aliphatic heterocycles. The number of hydrogen-bond acceptors (Lipinski definition) is 4. The van der Waals surface area contributed by atoms with Gasteiger partial charge in [-0.3, -0.25) is 14.4 Å². The smallest absolute Gasteiger partial charge is 0.317 e. The highest BCUT2D eigenvalue weighted by molar-refractivity contribution is 5.95. The van der Waals surface area contributed by atoms with Crippen LogP contribution < -0.4 is 10.6 Å². The molecule has 0 spiro atoms. The van der Waals surface area contributed by atoms with Crippen molar-refractivity contribution in [3.05, 3.63) is 65.5 Å². The molecule has 164 valence electrons. The quantitative estimate of drug-likeness (QED) is 0.656. The van der Waals surface area contributed by atoms with E-state index in [-0.39, 0.29) is 11.3 Å². The number of benzene rings is 2. The van der Waals surface area contributed by atoms with Crippen molar-refractivity contribution in [2.24, 2.45) is 0 Å². The van der Waals surface area contributed by atoms with Crippen LogP contribution in [0.15, 0.2) is 42.5 Å². The molecule has 2 amide bonds. The van der Waals surface area contributed by atoms with Crippen molar-refractivity contribution >= 4 is 23.5 Å². The molecule has 0 bridgehead atoms. The third-order valence-electron chi connectivity index (χ3n) is 5.22. The fourth-order valence-corrected chi connectivity index (χ4v) is 3.69. The molecule has 0 saturated heterocycles. The maximum absolute atomic E-state index is 14.3. The molecule has 3 rings (SSSR count). The summed E-state index contributed by atoms with van der Waals surface area (Å²) in [5, 5.41) is 4.57. The first-order chi connectivity index (χ1) is 14.8. The van der Waals surface area contributed by atoms with Crippen LogP contribution >= 0.6 is 0 Å². The maximum atomic E-state index is 14.3. The Bertz CT molecular complexity index is 990. The summed E-state index contributed by atoms with van der Waals surface area (Å²) in [6.07, 6.45) is 2.32. The Balaban J connectivity index is 1.51. The number of rotatable bonds is 7. The lowest BCUT2D eigenvalue weighted by atomic mass is 9.78. The Morgan fingerprint density at radius 1 is 0.903 bits per heavy atom. The first kappa shape index (κ1) is 22.3. The van der Waals surface area contributed by atoms with Gasteiger partial charge >= 0.3 is 5.97 Å². The number of ether oxygens (including phenoxy) is 1. The van der Waals surface area contributed by atoms with Gasteiger partial charge in [0.25, 0.3) is 5.91 Å². The van der Waals surface area contributed by atoms with E-state index in [1.54, 1.807) is 12.1 Å². The molecule has 2 aromatic rings. The van der Waals surface area contributed by atoms with Gasteiger partial charge in [0.05, 0.1) is 12.0 Å². The first-order valence-corrected chi connectivity index (χ1v) is 9.76. The van der Waals surface area contributed by atoms with Crippen LogP contribution in [-0.4, -0.2) is 30.9 Å². The minimum absolute atomic E-state index is 0.0256. The average molecular weight is 434 g/mol. The van der Waals surface area contributed by atoms with Crippen LogP contribution in [0, 0.1) is 17.5 Å². The molecule has 2 N–H and O–H groups in total. The fourth-order valence-electron chi connectivity index (χ4n) is 3.69. The zero-order valence-electron chi connectivity index (χ0n) is 16.6. The van der Waals surface area contributed by atoms with E-state index in [2.05, 4.69) is 10.6 Å². The van der Waals surface area contributed by atoms with E-state index < -0.39 is 53.8 Å². The predicted molar refractivity (Wildman–Crippen MR) is 106 cm³/mol. The monoisotopic (exact) mass is 434 g/mol. The Morgan fingerprint density at radius 2 is 1.61 bits per heavy atom. The van der Waals surface area contributed by atoms with Crippen molar-refractivity contribution < 1.29 is 32.3 Å². The van der Waals surface area contributed by atoms with Crippen molar-refractivity contribution in [1.29, 1.82) is 0 Å². The standard InChI is InChI=1S/C22H21F3N2O4/c23-16-6-2-1-5-15(16)22(9-3-4-10-22)21(30)31-13-20(29)26-12-19(28)27-14-7-8-17(24)18(25)11-14/h1-2,5-8,11H,3-4,9-10,12-13H2,(H,26,29)(H,27,28). The van der Waals surface area contributed by atoms with Gasteiger partial charge < -0.3 is 15.4 Å². The Labute approximate surface area is 176 Å². The normalized spacial score (nSPS) is 14.7. The summed E-state index contributed by atoms with van der Waals surface area (Å²) in [5.41, 5.74) is -0.850. The number of esters is 1. The topological polar surface area (TPSA) is 84.5 Å². The van der Waals surface area contributed by atoms with Crippen molar-refractivity contribution in [2.75, 3.05) is 18.5 Å². The maximum Gasteiger partial charge on any atom is 0.317 e. The van der Waals surface area contributed by atoms with Gasteiger partial charge in [0, 0.05) is 17.3 Å². The molecule has 9 heteroatoms. The molecular formula is C22H21F3N2O4. The summed E-state index contributed by atoms with van der Waals surface area (Å²) >= 11 is 0. The Kier molecular flexibility index (Phi) is 6.94. The molecule has 0 heterocycles. The molecule has 1 saturated carbocycles. The molecule has 0 unspecified atom stereocenters. The van der Waals surface area contributed by atoms with Gasteiger partial charge in [-0.15, -0.1) is 0 Å². The zero-order valence-corrected chi connectivity index (χ0v) is 16.6. The molecule has 1 aliphatic rings. The van der Waals surface area contributed by atoms with Crippen LogP contribution in [0.4, 0.5) is 18.9 Å². The largest absolute Gasteiger partial charge is 0.455 e.